The lowest BCUT2D eigenvalue weighted by Gasteiger charge is -2.34. The Bertz CT molecular complexity index is 1440. The molecule has 8 nitrogen and oxygen atoms in total. The van der Waals surface area contributed by atoms with E-state index in [4.69, 9.17) is 4.74 Å². The van der Waals surface area contributed by atoms with Gasteiger partial charge in [0, 0.05) is 19.5 Å². The number of hydrogen-bond donors (Lipinski definition) is 1. The monoisotopic (exact) mass is 593 g/mol. The van der Waals surface area contributed by atoms with Crippen molar-refractivity contribution in [1.82, 2.24) is 10.2 Å². The molecule has 0 heterocycles. The molecule has 0 saturated heterocycles. The first kappa shape index (κ1) is 32.7. The molecular formula is C33H43N3O5S. The van der Waals surface area contributed by atoms with Crippen LogP contribution in [-0.2, 0) is 32.6 Å². The van der Waals surface area contributed by atoms with Crippen molar-refractivity contribution in [3.05, 3.63) is 95.6 Å². The molecule has 3 aromatic rings. The Morgan fingerprint density at radius 1 is 0.881 bits per heavy atom. The highest BCUT2D eigenvalue weighted by Gasteiger charge is 2.33. The van der Waals surface area contributed by atoms with Gasteiger partial charge in [0.15, 0.2) is 0 Å². The smallest absolute Gasteiger partial charge is 0.244 e. The molecule has 0 saturated carbocycles. The maximum Gasteiger partial charge on any atom is 0.244 e. The molecule has 0 aromatic heterocycles. The highest BCUT2D eigenvalue weighted by atomic mass is 32.2. The second kappa shape index (κ2) is 14.9. The minimum Gasteiger partial charge on any atom is -0.497 e. The Kier molecular flexibility index (Phi) is 11.6. The summed E-state index contributed by atoms with van der Waals surface area (Å²) in [6.07, 6.45) is 1.36. The quantitative estimate of drug-likeness (QED) is 0.284. The van der Waals surface area contributed by atoms with E-state index >= 15 is 0 Å². The van der Waals surface area contributed by atoms with Crippen molar-refractivity contribution in [2.24, 2.45) is 5.92 Å². The number of hydrogen-bond acceptors (Lipinski definition) is 5. The molecule has 3 aromatic carbocycles. The fourth-order valence-electron chi connectivity index (χ4n) is 4.74. The first-order valence-electron chi connectivity index (χ1n) is 14.2. The molecule has 0 aliphatic rings. The second-order valence-corrected chi connectivity index (χ2v) is 13.1. The number of ether oxygens (including phenoxy) is 1. The third kappa shape index (κ3) is 9.08. The first-order valence-corrected chi connectivity index (χ1v) is 16.1. The number of anilines is 1. The van der Waals surface area contributed by atoms with Gasteiger partial charge >= 0.3 is 0 Å². The first-order chi connectivity index (χ1) is 19.9. The molecule has 0 spiro atoms. The fourth-order valence-corrected chi connectivity index (χ4v) is 5.61. The summed E-state index contributed by atoms with van der Waals surface area (Å²) in [7, 11) is -2.28. The standard InChI is InChI=1S/C33H43N3O5S/c1-24(2)21-34-33(38)31(20-26-13-8-7-9-14-26)35(22-27-15-12-16-28(19-27)41-5)32(37)23-36(42(6,39)40)30-18-11-10-17-29(30)25(3)4/h7-19,24-25,31H,20-23H2,1-6H3,(H,34,38). The van der Waals surface area contributed by atoms with Gasteiger partial charge in [-0.25, -0.2) is 8.42 Å². The fraction of sp³-hybridized carbons (Fsp3) is 0.394. The van der Waals surface area contributed by atoms with Gasteiger partial charge in [-0.3, -0.25) is 13.9 Å². The summed E-state index contributed by atoms with van der Waals surface area (Å²) >= 11 is 0. The van der Waals surface area contributed by atoms with E-state index in [2.05, 4.69) is 5.32 Å². The number of methoxy groups -OCH3 is 1. The number of amides is 2. The lowest BCUT2D eigenvalue weighted by molar-refractivity contribution is -0.140. The lowest BCUT2D eigenvalue weighted by atomic mass is 10.0. The molecule has 0 bridgehead atoms. The van der Waals surface area contributed by atoms with Gasteiger partial charge in [-0.05, 0) is 46.7 Å². The summed E-state index contributed by atoms with van der Waals surface area (Å²) in [4.78, 5) is 29.5. The Morgan fingerprint density at radius 2 is 1.52 bits per heavy atom. The van der Waals surface area contributed by atoms with Crippen LogP contribution in [0.1, 0.15) is 50.3 Å². The zero-order chi connectivity index (χ0) is 30.9. The number of nitrogens with one attached hydrogen (secondary N) is 1. The van der Waals surface area contributed by atoms with Crippen LogP contribution in [0.2, 0.25) is 0 Å². The molecule has 2 amide bonds. The van der Waals surface area contributed by atoms with Crippen LogP contribution >= 0.6 is 0 Å². The van der Waals surface area contributed by atoms with Crippen LogP contribution in [-0.4, -0.2) is 57.6 Å². The maximum absolute atomic E-state index is 14.3. The van der Waals surface area contributed by atoms with Crippen molar-refractivity contribution in [3.8, 4) is 5.75 Å². The van der Waals surface area contributed by atoms with Crippen molar-refractivity contribution < 1.29 is 22.7 Å². The van der Waals surface area contributed by atoms with Gasteiger partial charge in [0.05, 0.1) is 19.1 Å². The number of rotatable bonds is 14. The summed E-state index contributed by atoms with van der Waals surface area (Å²) in [6.45, 7) is 8.05. The van der Waals surface area contributed by atoms with Gasteiger partial charge in [-0.1, -0.05) is 88.4 Å². The van der Waals surface area contributed by atoms with Crippen molar-refractivity contribution in [3.63, 3.8) is 0 Å². The molecule has 42 heavy (non-hydrogen) atoms. The van der Waals surface area contributed by atoms with Crippen molar-refractivity contribution in [2.45, 2.75) is 52.6 Å². The Labute approximate surface area is 250 Å². The molecule has 0 radical (unpaired) electrons. The highest BCUT2D eigenvalue weighted by molar-refractivity contribution is 7.92. The van der Waals surface area contributed by atoms with Gasteiger partial charge in [-0.15, -0.1) is 0 Å². The number of carbonyl (C=O) groups excluding carboxylic acids is 2. The highest BCUT2D eigenvalue weighted by Crippen LogP contribution is 2.29. The Balaban J connectivity index is 2.10. The molecule has 0 aliphatic carbocycles. The van der Waals surface area contributed by atoms with E-state index in [0.717, 1.165) is 27.3 Å². The molecule has 3 rings (SSSR count). The molecule has 1 N–H and O–H groups in total. The van der Waals surface area contributed by atoms with Crippen LogP contribution in [0, 0.1) is 5.92 Å². The van der Waals surface area contributed by atoms with Crippen LogP contribution < -0.4 is 14.4 Å². The third-order valence-corrected chi connectivity index (χ3v) is 8.08. The number of para-hydroxylation sites is 1. The SMILES string of the molecule is COc1cccc(CN(C(=O)CN(c2ccccc2C(C)C)S(C)(=O)=O)C(Cc2ccccc2)C(=O)NCC(C)C)c1. The van der Waals surface area contributed by atoms with Gasteiger partial charge in [-0.2, -0.15) is 0 Å². The average Bonchev–Trinajstić information content (AvgIpc) is 2.96. The van der Waals surface area contributed by atoms with Crippen LogP contribution in [0.5, 0.6) is 5.75 Å². The third-order valence-electron chi connectivity index (χ3n) is 6.95. The summed E-state index contributed by atoms with van der Waals surface area (Å²) in [5, 5.41) is 3.00. The number of carbonyl (C=O) groups is 2. The number of nitrogens with zero attached hydrogens (tertiary/aromatic N) is 2. The summed E-state index contributed by atoms with van der Waals surface area (Å²) in [5.74, 6) is 0.0790. The van der Waals surface area contributed by atoms with E-state index < -0.39 is 28.5 Å². The molecule has 0 aliphatic heterocycles. The predicted molar refractivity (Wildman–Crippen MR) is 168 cm³/mol. The minimum absolute atomic E-state index is 0.0288. The summed E-state index contributed by atoms with van der Waals surface area (Å²) < 4.78 is 32.8. The molecule has 9 heteroatoms. The Morgan fingerprint density at radius 3 is 2.14 bits per heavy atom. The van der Waals surface area contributed by atoms with Crippen molar-refractivity contribution >= 4 is 27.5 Å². The van der Waals surface area contributed by atoms with Gasteiger partial charge in [0.1, 0.15) is 18.3 Å². The molecule has 226 valence electrons. The largest absolute Gasteiger partial charge is 0.497 e. The average molecular weight is 594 g/mol. The van der Waals surface area contributed by atoms with Crippen molar-refractivity contribution in [1.29, 1.82) is 0 Å². The predicted octanol–water partition coefficient (Wildman–Crippen LogP) is 5.00. The summed E-state index contributed by atoms with van der Waals surface area (Å²) in [5.41, 5.74) is 2.90. The maximum atomic E-state index is 14.3. The van der Waals surface area contributed by atoms with E-state index in [0.29, 0.717) is 18.0 Å². The van der Waals surface area contributed by atoms with Gasteiger partial charge in [0.25, 0.3) is 0 Å². The van der Waals surface area contributed by atoms with E-state index in [1.165, 1.54) is 4.90 Å². The number of benzene rings is 3. The van der Waals surface area contributed by atoms with Crippen LogP contribution in [0.4, 0.5) is 5.69 Å². The summed E-state index contributed by atoms with van der Waals surface area (Å²) in [6, 6.07) is 23.1. The zero-order valence-corrected chi connectivity index (χ0v) is 26.2. The minimum atomic E-state index is -3.85. The van der Waals surface area contributed by atoms with Gasteiger partial charge < -0.3 is 15.0 Å². The number of sulfonamides is 1. The van der Waals surface area contributed by atoms with Crippen LogP contribution in [0.3, 0.4) is 0 Å². The second-order valence-electron chi connectivity index (χ2n) is 11.2. The van der Waals surface area contributed by atoms with Crippen molar-refractivity contribution in [2.75, 3.05) is 30.8 Å². The van der Waals surface area contributed by atoms with E-state index in [9.17, 15) is 18.0 Å². The molecule has 0 fully saturated rings. The van der Waals surface area contributed by atoms with Crippen LogP contribution in [0.25, 0.3) is 0 Å². The zero-order valence-electron chi connectivity index (χ0n) is 25.4. The lowest BCUT2D eigenvalue weighted by Crippen LogP contribution is -2.53. The van der Waals surface area contributed by atoms with E-state index in [-0.39, 0.29) is 30.7 Å². The topological polar surface area (TPSA) is 96.0 Å². The Hall–Kier alpha value is -3.85. The van der Waals surface area contributed by atoms with Gasteiger partial charge in [0.2, 0.25) is 21.8 Å². The molecule has 1 atom stereocenters. The van der Waals surface area contributed by atoms with E-state index in [1.54, 1.807) is 25.3 Å². The van der Waals surface area contributed by atoms with Crippen LogP contribution in [0.15, 0.2) is 78.9 Å². The molecular weight excluding hydrogens is 550 g/mol. The molecule has 1 unspecified atom stereocenters. The van der Waals surface area contributed by atoms with E-state index in [1.807, 2.05) is 88.4 Å². The normalized spacial score (nSPS) is 12.2.